The zero-order chi connectivity index (χ0) is 18.0. The summed E-state index contributed by atoms with van der Waals surface area (Å²) in [5.74, 6) is -1.41. The topological polar surface area (TPSA) is 93.5 Å². The number of amides is 1. The largest absolute Gasteiger partial charge is 0.481 e. The van der Waals surface area contributed by atoms with E-state index in [0.29, 0.717) is 34.3 Å². The van der Waals surface area contributed by atoms with Crippen molar-refractivity contribution < 1.29 is 19.4 Å². The lowest BCUT2D eigenvalue weighted by molar-refractivity contribution is -0.138. The Morgan fingerprint density at radius 1 is 1.40 bits per heavy atom. The van der Waals surface area contributed by atoms with E-state index < -0.39 is 17.4 Å². The molecule has 1 aliphatic rings. The van der Waals surface area contributed by atoms with Crippen LogP contribution in [0.15, 0.2) is 30.6 Å². The van der Waals surface area contributed by atoms with Gasteiger partial charge >= 0.3 is 5.97 Å². The van der Waals surface area contributed by atoms with E-state index in [1.165, 1.54) is 17.1 Å². The quantitative estimate of drug-likeness (QED) is 0.827. The number of carboxylic acids is 1. The number of halogens is 2. The fraction of sp³-hybridized carbons (Fsp3) is 0.312. The number of carboxylic acid groups (broad SMARTS) is 1. The Morgan fingerprint density at radius 2 is 2.20 bits per heavy atom. The molecular weight excluding hydrogens is 369 g/mol. The molecule has 1 aliphatic heterocycles. The molecule has 0 bridgehead atoms. The lowest BCUT2D eigenvalue weighted by Gasteiger charge is -2.26. The molecule has 132 valence electrons. The van der Waals surface area contributed by atoms with E-state index in [2.05, 4.69) is 10.4 Å². The van der Waals surface area contributed by atoms with Crippen molar-refractivity contribution >= 4 is 35.1 Å². The van der Waals surface area contributed by atoms with Gasteiger partial charge in [-0.2, -0.15) is 5.10 Å². The fourth-order valence-electron chi connectivity index (χ4n) is 2.73. The molecular formula is C16H15Cl2N3O4. The number of rotatable bonds is 5. The molecule has 1 aromatic carbocycles. The number of nitrogens with zero attached hydrogens (tertiary/aromatic N) is 2. The highest BCUT2D eigenvalue weighted by molar-refractivity contribution is 6.35. The maximum Gasteiger partial charge on any atom is 0.305 e. The first-order chi connectivity index (χ1) is 11.9. The summed E-state index contributed by atoms with van der Waals surface area (Å²) in [6.07, 6.45) is 3.16. The van der Waals surface area contributed by atoms with Gasteiger partial charge in [0.05, 0.1) is 41.0 Å². The first-order valence-electron chi connectivity index (χ1n) is 7.51. The van der Waals surface area contributed by atoms with E-state index in [0.717, 1.165) is 0 Å². The first-order valence-corrected chi connectivity index (χ1v) is 8.26. The summed E-state index contributed by atoms with van der Waals surface area (Å²) >= 11 is 12.0. The molecule has 9 heteroatoms. The number of aromatic nitrogens is 2. The van der Waals surface area contributed by atoms with Gasteiger partial charge in [0.25, 0.3) is 5.91 Å². The number of carbonyl (C=O) groups excluding carboxylic acids is 1. The second kappa shape index (κ2) is 7.03. The standard InChI is InChI=1S/C16H15Cl2N3O4/c17-11-1-2-13(12(18)5-11)21-8-10(7-19-21)15(24)20-16(6-14(22)23)3-4-25-9-16/h1-2,5,7-8H,3-4,6,9H2,(H,20,24)(H,22,23). The van der Waals surface area contributed by atoms with Gasteiger partial charge in [-0.1, -0.05) is 23.2 Å². The Labute approximate surface area is 153 Å². The van der Waals surface area contributed by atoms with E-state index in [1.807, 2.05) is 0 Å². The van der Waals surface area contributed by atoms with Gasteiger partial charge < -0.3 is 15.2 Å². The number of nitrogens with one attached hydrogen (secondary N) is 1. The van der Waals surface area contributed by atoms with Gasteiger partial charge in [0.2, 0.25) is 0 Å². The van der Waals surface area contributed by atoms with Crippen molar-refractivity contribution in [2.45, 2.75) is 18.4 Å². The highest BCUT2D eigenvalue weighted by atomic mass is 35.5. The van der Waals surface area contributed by atoms with E-state index in [4.69, 9.17) is 33.0 Å². The molecule has 0 saturated carbocycles. The summed E-state index contributed by atoms with van der Waals surface area (Å²) in [6.45, 7) is 0.579. The molecule has 1 unspecified atom stereocenters. The van der Waals surface area contributed by atoms with Crippen molar-refractivity contribution in [1.82, 2.24) is 15.1 Å². The predicted molar refractivity (Wildman–Crippen MR) is 91.5 cm³/mol. The molecule has 1 saturated heterocycles. The smallest absolute Gasteiger partial charge is 0.305 e. The molecule has 1 amide bonds. The molecule has 2 N–H and O–H groups in total. The number of hydrogen-bond acceptors (Lipinski definition) is 4. The third-order valence-corrected chi connectivity index (χ3v) is 4.51. The summed E-state index contributed by atoms with van der Waals surface area (Å²) in [7, 11) is 0. The molecule has 0 spiro atoms. The summed E-state index contributed by atoms with van der Waals surface area (Å²) in [4.78, 5) is 23.6. The van der Waals surface area contributed by atoms with Crippen LogP contribution in [0, 0.1) is 0 Å². The number of aliphatic carboxylic acids is 1. The molecule has 1 fully saturated rings. The highest BCUT2D eigenvalue weighted by Crippen LogP contribution is 2.25. The van der Waals surface area contributed by atoms with E-state index >= 15 is 0 Å². The number of carbonyl (C=O) groups is 2. The summed E-state index contributed by atoms with van der Waals surface area (Å²) in [6, 6.07) is 4.94. The normalized spacial score (nSPS) is 19.8. The Bertz CT molecular complexity index is 815. The van der Waals surface area contributed by atoms with Gasteiger partial charge in [0.1, 0.15) is 0 Å². The van der Waals surface area contributed by atoms with Crippen LogP contribution in [0.4, 0.5) is 0 Å². The van der Waals surface area contributed by atoms with Crippen LogP contribution >= 0.6 is 23.2 Å². The lowest BCUT2D eigenvalue weighted by Crippen LogP contribution is -2.50. The summed E-state index contributed by atoms with van der Waals surface area (Å²) in [5, 5.41) is 16.9. The molecule has 2 aromatic rings. The fourth-order valence-corrected chi connectivity index (χ4v) is 3.23. The molecule has 25 heavy (non-hydrogen) atoms. The minimum absolute atomic E-state index is 0.169. The lowest BCUT2D eigenvalue weighted by atomic mass is 9.94. The zero-order valence-corrected chi connectivity index (χ0v) is 14.5. The van der Waals surface area contributed by atoms with Crippen molar-refractivity contribution in [2.75, 3.05) is 13.2 Å². The Morgan fingerprint density at radius 3 is 2.84 bits per heavy atom. The molecule has 2 heterocycles. The minimum atomic E-state index is -0.991. The van der Waals surface area contributed by atoms with Gasteiger partial charge in [-0.15, -0.1) is 0 Å². The van der Waals surface area contributed by atoms with Gasteiger partial charge in [-0.3, -0.25) is 9.59 Å². The van der Waals surface area contributed by atoms with Crippen molar-refractivity contribution in [3.05, 3.63) is 46.2 Å². The second-order valence-corrected chi connectivity index (χ2v) is 6.72. The van der Waals surface area contributed by atoms with Crippen LogP contribution in [0.25, 0.3) is 5.69 Å². The summed E-state index contributed by atoms with van der Waals surface area (Å²) in [5.41, 5.74) is -0.0274. The van der Waals surface area contributed by atoms with Crippen LogP contribution in [-0.2, 0) is 9.53 Å². The van der Waals surface area contributed by atoms with Crippen molar-refractivity contribution in [2.24, 2.45) is 0 Å². The van der Waals surface area contributed by atoms with Crippen LogP contribution in [0.3, 0.4) is 0 Å². The average molecular weight is 384 g/mol. The average Bonchev–Trinajstić information content (AvgIpc) is 3.16. The van der Waals surface area contributed by atoms with Gasteiger partial charge in [-0.25, -0.2) is 4.68 Å². The maximum absolute atomic E-state index is 12.5. The number of hydrogen-bond donors (Lipinski definition) is 2. The third kappa shape index (κ3) is 3.95. The zero-order valence-electron chi connectivity index (χ0n) is 13.0. The highest BCUT2D eigenvalue weighted by Gasteiger charge is 2.39. The van der Waals surface area contributed by atoms with E-state index in [-0.39, 0.29) is 13.0 Å². The number of ether oxygens (including phenoxy) is 1. The first kappa shape index (κ1) is 17.7. The molecule has 1 aromatic heterocycles. The van der Waals surface area contributed by atoms with Crippen molar-refractivity contribution in [1.29, 1.82) is 0 Å². The molecule has 7 nitrogen and oxygen atoms in total. The van der Waals surface area contributed by atoms with Crippen LogP contribution in [0.2, 0.25) is 10.0 Å². The SMILES string of the molecule is O=C(O)CC1(NC(=O)c2cnn(-c3ccc(Cl)cc3Cl)c2)CCOC1. The van der Waals surface area contributed by atoms with Crippen molar-refractivity contribution in [3.8, 4) is 5.69 Å². The van der Waals surface area contributed by atoms with Gasteiger partial charge in [-0.05, 0) is 24.6 Å². The molecule has 1 atom stereocenters. The monoisotopic (exact) mass is 383 g/mol. The Kier molecular flexibility index (Phi) is 4.99. The van der Waals surface area contributed by atoms with Gasteiger partial charge in [0.15, 0.2) is 0 Å². The minimum Gasteiger partial charge on any atom is -0.481 e. The van der Waals surface area contributed by atoms with Crippen LogP contribution in [0.1, 0.15) is 23.2 Å². The van der Waals surface area contributed by atoms with Crippen LogP contribution in [-0.4, -0.2) is 45.5 Å². The molecule has 0 radical (unpaired) electrons. The number of benzene rings is 1. The second-order valence-electron chi connectivity index (χ2n) is 5.88. The predicted octanol–water partition coefficient (Wildman–Crippen LogP) is 2.54. The summed E-state index contributed by atoms with van der Waals surface area (Å²) < 4.78 is 6.73. The van der Waals surface area contributed by atoms with E-state index in [9.17, 15) is 9.59 Å². The van der Waals surface area contributed by atoms with Crippen LogP contribution in [0.5, 0.6) is 0 Å². The third-order valence-electron chi connectivity index (χ3n) is 3.97. The maximum atomic E-state index is 12.5. The molecule has 0 aliphatic carbocycles. The van der Waals surface area contributed by atoms with E-state index in [1.54, 1.807) is 18.2 Å². The Hall–Kier alpha value is -2.09. The molecule has 3 rings (SSSR count). The van der Waals surface area contributed by atoms with Gasteiger partial charge in [0, 0.05) is 17.8 Å². The van der Waals surface area contributed by atoms with Crippen molar-refractivity contribution in [3.63, 3.8) is 0 Å². The Balaban J connectivity index is 1.79. The van der Waals surface area contributed by atoms with Crippen LogP contribution < -0.4 is 5.32 Å².